The predicted molar refractivity (Wildman–Crippen MR) is 59.0 cm³/mol. The SMILES string of the molecule is CC1(C)[C@@H]2CC[C@H](COS(=O)(=O)C(F)(F)F)[C@H]1C2. The van der Waals surface area contributed by atoms with E-state index in [9.17, 15) is 21.6 Å². The summed E-state index contributed by atoms with van der Waals surface area (Å²) < 4.78 is 62.2. The molecular formula is C11H17F3O3S. The van der Waals surface area contributed by atoms with E-state index in [4.69, 9.17) is 0 Å². The topological polar surface area (TPSA) is 43.4 Å². The highest BCUT2D eigenvalue weighted by Crippen LogP contribution is 2.61. The van der Waals surface area contributed by atoms with Gasteiger partial charge in [-0.15, -0.1) is 0 Å². The van der Waals surface area contributed by atoms with Gasteiger partial charge in [0.15, 0.2) is 0 Å². The molecule has 0 aliphatic heterocycles. The van der Waals surface area contributed by atoms with E-state index in [0.717, 1.165) is 19.3 Å². The summed E-state index contributed by atoms with van der Waals surface area (Å²) in [6.07, 6.45) is 2.68. The van der Waals surface area contributed by atoms with Gasteiger partial charge in [0, 0.05) is 0 Å². The molecule has 0 N–H and O–H groups in total. The largest absolute Gasteiger partial charge is 0.523 e. The van der Waals surface area contributed by atoms with Crippen molar-refractivity contribution in [2.24, 2.45) is 23.2 Å². The first kappa shape index (κ1) is 14.1. The zero-order chi connectivity index (χ0) is 13.8. The van der Waals surface area contributed by atoms with Crippen molar-refractivity contribution in [2.75, 3.05) is 6.61 Å². The minimum atomic E-state index is -5.44. The Kier molecular flexibility index (Phi) is 3.21. The molecule has 0 heterocycles. The Balaban J connectivity index is 1.96. The number of alkyl halides is 3. The van der Waals surface area contributed by atoms with Gasteiger partial charge in [-0.3, -0.25) is 4.18 Å². The Morgan fingerprint density at radius 2 is 1.89 bits per heavy atom. The van der Waals surface area contributed by atoms with Crippen LogP contribution < -0.4 is 0 Å². The Labute approximate surface area is 105 Å². The molecule has 3 aliphatic rings. The molecule has 18 heavy (non-hydrogen) atoms. The maximum Gasteiger partial charge on any atom is 0.523 e. The molecule has 3 fully saturated rings. The molecule has 3 atom stereocenters. The molecule has 3 nitrogen and oxygen atoms in total. The number of halogens is 3. The van der Waals surface area contributed by atoms with Crippen molar-refractivity contribution < 1.29 is 25.8 Å². The van der Waals surface area contributed by atoms with Gasteiger partial charge in [0.25, 0.3) is 0 Å². The first-order valence-corrected chi connectivity index (χ1v) is 7.42. The van der Waals surface area contributed by atoms with Crippen molar-refractivity contribution in [2.45, 2.75) is 38.6 Å². The summed E-state index contributed by atoms with van der Waals surface area (Å²) >= 11 is 0. The Morgan fingerprint density at radius 3 is 2.33 bits per heavy atom. The summed E-state index contributed by atoms with van der Waals surface area (Å²) in [6.45, 7) is 3.84. The van der Waals surface area contributed by atoms with Crippen LogP contribution >= 0.6 is 0 Å². The van der Waals surface area contributed by atoms with Crippen LogP contribution in [0.25, 0.3) is 0 Å². The fourth-order valence-electron chi connectivity index (χ4n) is 3.41. The van der Waals surface area contributed by atoms with Gasteiger partial charge < -0.3 is 0 Å². The Hall–Kier alpha value is -0.300. The van der Waals surface area contributed by atoms with Crippen LogP contribution in [0.3, 0.4) is 0 Å². The lowest BCUT2D eigenvalue weighted by atomic mass is 9.46. The molecule has 0 amide bonds. The highest BCUT2D eigenvalue weighted by atomic mass is 32.2. The lowest BCUT2D eigenvalue weighted by Gasteiger charge is -2.60. The summed E-state index contributed by atoms with van der Waals surface area (Å²) in [5, 5.41) is 0. The average Bonchev–Trinajstić information content (AvgIpc) is 2.25. The third-order valence-electron chi connectivity index (χ3n) is 4.72. The molecule has 0 saturated heterocycles. The molecule has 2 bridgehead atoms. The van der Waals surface area contributed by atoms with Crippen molar-refractivity contribution >= 4 is 10.1 Å². The van der Waals surface area contributed by atoms with E-state index in [2.05, 4.69) is 18.0 Å². The molecule has 0 aromatic heterocycles. The minimum Gasteiger partial charge on any atom is -0.263 e. The molecule has 3 rings (SSSR count). The molecule has 3 saturated carbocycles. The first-order valence-electron chi connectivity index (χ1n) is 6.01. The summed E-state index contributed by atoms with van der Waals surface area (Å²) in [5.74, 6) is 0.819. The van der Waals surface area contributed by atoms with E-state index >= 15 is 0 Å². The molecule has 0 aromatic rings. The lowest BCUT2D eigenvalue weighted by molar-refractivity contribution is -0.116. The second-order valence-corrected chi connectivity index (χ2v) is 7.49. The van der Waals surface area contributed by atoms with Gasteiger partial charge >= 0.3 is 15.6 Å². The van der Waals surface area contributed by atoms with Crippen molar-refractivity contribution in [3.8, 4) is 0 Å². The number of fused-ring (bicyclic) bond motifs is 2. The molecule has 3 aliphatic carbocycles. The van der Waals surface area contributed by atoms with Crippen molar-refractivity contribution in [1.82, 2.24) is 0 Å². The highest BCUT2D eigenvalue weighted by Gasteiger charge is 2.55. The molecule has 7 heteroatoms. The van der Waals surface area contributed by atoms with Crippen LogP contribution in [-0.2, 0) is 14.3 Å². The van der Waals surface area contributed by atoms with E-state index in [1.165, 1.54) is 0 Å². The smallest absolute Gasteiger partial charge is 0.263 e. The monoisotopic (exact) mass is 286 g/mol. The van der Waals surface area contributed by atoms with Gasteiger partial charge in [-0.05, 0) is 42.4 Å². The zero-order valence-electron chi connectivity index (χ0n) is 10.3. The van der Waals surface area contributed by atoms with Gasteiger partial charge in [0.1, 0.15) is 0 Å². The second kappa shape index (κ2) is 4.10. The van der Waals surface area contributed by atoms with Crippen molar-refractivity contribution in [3.05, 3.63) is 0 Å². The van der Waals surface area contributed by atoms with E-state index in [1.807, 2.05) is 0 Å². The van der Waals surface area contributed by atoms with Crippen molar-refractivity contribution in [3.63, 3.8) is 0 Å². The Morgan fingerprint density at radius 1 is 1.28 bits per heavy atom. The van der Waals surface area contributed by atoms with E-state index in [-0.39, 0.29) is 23.9 Å². The number of hydrogen-bond donors (Lipinski definition) is 0. The predicted octanol–water partition coefficient (Wildman–Crippen LogP) is 2.92. The first-order chi connectivity index (χ1) is 8.06. The second-order valence-electron chi connectivity index (χ2n) is 5.88. The van der Waals surface area contributed by atoms with Crippen LogP contribution in [0, 0.1) is 23.2 Å². The minimum absolute atomic E-state index is 0.0814. The van der Waals surface area contributed by atoms with Gasteiger partial charge in [-0.2, -0.15) is 21.6 Å². The maximum atomic E-state index is 12.1. The van der Waals surface area contributed by atoms with Gasteiger partial charge in [-0.1, -0.05) is 13.8 Å². The maximum absolute atomic E-state index is 12.1. The summed E-state index contributed by atoms with van der Waals surface area (Å²) in [7, 11) is -5.44. The van der Waals surface area contributed by atoms with Crippen LogP contribution in [0.15, 0.2) is 0 Å². The summed E-state index contributed by atoms with van der Waals surface area (Å²) in [6, 6.07) is 0. The summed E-state index contributed by atoms with van der Waals surface area (Å²) in [5.41, 5.74) is -5.21. The molecule has 0 spiro atoms. The molecule has 0 aromatic carbocycles. The third kappa shape index (κ3) is 2.15. The quantitative estimate of drug-likeness (QED) is 0.592. The summed E-state index contributed by atoms with van der Waals surface area (Å²) in [4.78, 5) is 0. The van der Waals surface area contributed by atoms with Crippen LogP contribution in [0.1, 0.15) is 33.1 Å². The van der Waals surface area contributed by atoms with Crippen LogP contribution in [0.2, 0.25) is 0 Å². The third-order valence-corrected chi connectivity index (χ3v) is 5.74. The van der Waals surface area contributed by atoms with Crippen LogP contribution in [0.5, 0.6) is 0 Å². The van der Waals surface area contributed by atoms with E-state index in [0.29, 0.717) is 5.92 Å². The number of hydrogen-bond acceptors (Lipinski definition) is 3. The van der Waals surface area contributed by atoms with Crippen LogP contribution in [-0.4, -0.2) is 20.5 Å². The fraction of sp³-hybridized carbons (Fsp3) is 1.00. The Bertz CT molecular complexity index is 425. The standard InChI is InChI=1S/C11H17F3O3S/c1-10(2)8-4-3-7(9(10)5-8)6-17-18(15,16)11(12,13)14/h7-9H,3-6H2,1-2H3/t7-,8-,9-/m1/s1. The zero-order valence-corrected chi connectivity index (χ0v) is 11.1. The number of rotatable bonds is 3. The lowest BCUT2D eigenvalue weighted by Crippen LogP contribution is -2.53. The molecule has 106 valence electrons. The molecule has 0 radical (unpaired) electrons. The molecule has 0 unspecified atom stereocenters. The normalized spacial score (nSPS) is 35.1. The fourth-order valence-corrected chi connectivity index (χ4v) is 3.89. The van der Waals surface area contributed by atoms with Crippen molar-refractivity contribution in [1.29, 1.82) is 0 Å². The van der Waals surface area contributed by atoms with Crippen LogP contribution in [0.4, 0.5) is 13.2 Å². The van der Waals surface area contributed by atoms with E-state index in [1.54, 1.807) is 0 Å². The van der Waals surface area contributed by atoms with Gasteiger partial charge in [0.2, 0.25) is 0 Å². The highest BCUT2D eigenvalue weighted by molar-refractivity contribution is 7.87. The van der Waals surface area contributed by atoms with E-state index < -0.39 is 15.6 Å². The van der Waals surface area contributed by atoms with Gasteiger partial charge in [-0.25, -0.2) is 0 Å². The van der Waals surface area contributed by atoms with Gasteiger partial charge in [0.05, 0.1) is 6.61 Å². The average molecular weight is 286 g/mol. The molecular weight excluding hydrogens is 269 g/mol.